The van der Waals surface area contributed by atoms with E-state index < -0.39 is 5.97 Å². The Morgan fingerprint density at radius 2 is 1.90 bits per heavy atom. The minimum Gasteiger partial charge on any atom is -0.481 e. The van der Waals surface area contributed by atoms with Crippen molar-refractivity contribution in [1.82, 2.24) is 4.98 Å². The summed E-state index contributed by atoms with van der Waals surface area (Å²) >= 11 is 1.32. The summed E-state index contributed by atoms with van der Waals surface area (Å²) in [6.45, 7) is 3.77. The highest BCUT2D eigenvalue weighted by Gasteiger charge is 2.12. The van der Waals surface area contributed by atoms with Gasteiger partial charge in [0.25, 0.3) is 5.91 Å². The average Bonchev–Trinajstić information content (AvgIpc) is 2.77. The lowest BCUT2D eigenvalue weighted by Crippen LogP contribution is -2.11. The monoisotopic (exact) mass is 304 g/mol. The van der Waals surface area contributed by atoms with Crippen molar-refractivity contribution in [3.63, 3.8) is 0 Å². The summed E-state index contributed by atoms with van der Waals surface area (Å²) < 4.78 is 0. The number of thiazole rings is 1. The summed E-state index contributed by atoms with van der Waals surface area (Å²) in [7, 11) is 0. The number of nitrogens with zero attached hydrogens (tertiary/aromatic N) is 1. The summed E-state index contributed by atoms with van der Waals surface area (Å²) in [5, 5.41) is 11.9. The normalized spacial score (nSPS) is 10.4. The molecule has 1 aromatic heterocycles. The van der Waals surface area contributed by atoms with Gasteiger partial charge in [-0.05, 0) is 32.4 Å². The van der Waals surface area contributed by atoms with Gasteiger partial charge in [0.05, 0.1) is 12.1 Å². The van der Waals surface area contributed by atoms with Crippen LogP contribution in [-0.2, 0) is 11.2 Å². The van der Waals surface area contributed by atoms with E-state index in [4.69, 9.17) is 5.11 Å². The lowest BCUT2D eigenvalue weighted by molar-refractivity contribution is -0.136. The van der Waals surface area contributed by atoms with Gasteiger partial charge in [0.15, 0.2) is 5.13 Å². The summed E-state index contributed by atoms with van der Waals surface area (Å²) in [5.41, 5.74) is 2.42. The molecule has 21 heavy (non-hydrogen) atoms. The van der Waals surface area contributed by atoms with Crippen molar-refractivity contribution in [3.05, 3.63) is 46.0 Å². The van der Waals surface area contributed by atoms with E-state index in [2.05, 4.69) is 10.3 Å². The molecule has 0 unspecified atom stereocenters. The average molecular weight is 304 g/mol. The zero-order valence-electron chi connectivity index (χ0n) is 11.8. The molecule has 0 saturated carbocycles. The number of amides is 1. The van der Waals surface area contributed by atoms with Crippen molar-refractivity contribution < 1.29 is 14.7 Å². The van der Waals surface area contributed by atoms with E-state index in [1.807, 2.05) is 26.0 Å². The van der Waals surface area contributed by atoms with E-state index in [9.17, 15) is 9.59 Å². The van der Waals surface area contributed by atoms with Crippen LogP contribution in [-0.4, -0.2) is 22.0 Å². The number of hydrogen-bond acceptors (Lipinski definition) is 4. The van der Waals surface area contributed by atoms with Crippen LogP contribution < -0.4 is 5.32 Å². The second kappa shape index (κ2) is 6.49. The van der Waals surface area contributed by atoms with Crippen LogP contribution in [0.25, 0.3) is 0 Å². The number of rotatable bonds is 5. The fourth-order valence-corrected chi connectivity index (χ4v) is 2.77. The molecule has 0 atom stereocenters. The third-order valence-electron chi connectivity index (χ3n) is 2.99. The van der Waals surface area contributed by atoms with Crippen LogP contribution in [0.5, 0.6) is 0 Å². The predicted molar refractivity (Wildman–Crippen MR) is 81.9 cm³/mol. The van der Waals surface area contributed by atoms with Gasteiger partial charge in [0.2, 0.25) is 0 Å². The molecule has 110 valence electrons. The molecule has 0 fully saturated rings. The van der Waals surface area contributed by atoms with Gasteiger partial charge in [-0.25, -0.2) is 4.98 Å². The molecule has 0 aliphatic carbocycles. The van der Waals surface area contributed by atoms with Gasteiger partial charge < -0.3 is 5.11 Å². The molecule has 1 heterocycles. The Kier molecular flexibility index (Phi) is 4.70. The largest absolute Gasteiger partial charge is 0.481 e. The highest BCUT2D eigenvalue weighted by molar-refractivity contribution is 7.15. The van der Waals surface area contributed by atoms with Crippen LogP contribution in [0.15, 0.2) is 24.3 Å². The maximum absolute atomic E-state index is 12.1. The van der Waals surface area contributed by atoms with Crippen LogP contribution in [0, 0.1) is 13.8 Å². The SMILES string of the molecule is Cc1ccc(C(=O)Nc2nc(C)c(CCC(=O)O)s2)cc1. The number of anilines is 1. The Hall–Kier alpha value is -2.21. The lowest BCUT2D eigenvalue weighted by atomic mass is 10.1. The van der Waals surface area contributed by atoms with Gasteiger partial charge in [-0.1, -0.05) is 17.7 Å². The molecule has 5 nitrogen and oxygen atoms in total. The number of carboxylic acid groups (broad SMARTS) is 1. The first-order valence-corrected chi connectivity index (χ1v) is 7.33. The number of aliphatic carboxylic acids is 1. The van der Waals surface area contributed by atoms with Crippen LogP contribution in [0.1, 0.15) is 32.9 Å². The zero-order valence-corrected chi connectivity index (χ0v) is 12.7. The van der Waals surface area contributed by atoms with Gasteiger partial charge in [-0.2, -0.15) is 0 Å². The van der Waals surface area contributed by atoms with Crippen LogP contribution >= 0.6 is 11.3 Å². The van der Waals surface area contributed by atoms with Gasteiger partial charge in [-0.15, -0.1) is 11.3 Å². The number of carbonyl (C=O) groups excluding carboxylic acids is 1. The predicted octanol–water partition coefficient (Wildman–Crippen LogP) is 3.03. The maximum atomic E-state index is 12.1. The van der Waals surface area contributed by atoms with Gasteiger partial charge >= 0.3 is 5.97 Å². The van der Waals surface area contributed by atoms with Crippen molar-refractivity contribution in [2.45, 2.75) is 26.7 Å². The van der Waals surface area contributed by atoms with Crippen LogP contribution in [0.2, 0.25) is 0 Å². The minimum atomic E-state index is -0.840. The zero-order chi connectivity index (χ0) is 15.4. The minimum absolute atomic E-state index is 0.0639. The summed E-state index contributed by atoms with van der Waals surface area (Å²) in [6, 6.07) is 7.27. The van der Waals surface area contributed by atoms with E-state index in [1.54, 1.807) is 12.1 Å². The van der Waals surface area contributed by atoms with Gasteiger partial charge in [0, 0.05) is 10.4 Å². The Bertz CT molecular complexity index is 662. The third kappa shape index (κ3) is 4.13. The lowest BCUT2D eigenvalue weighted by Gasteiger charge is -2.01. The fraction of sp³-hybridized carbons (Fsp3) is 0.267. The van der Waals surface area contributed by atoms with Gasteiger partial charge in [0.1, 0.15) is 0 Å². The number of hydrogen-bond donors (Lipinski definition) is 2. The number of carbonyl (C=O) groups is 2. The standard InChI is InChI=1S/C15H16N2O3S/c1-9-3-5-11(6-4-9)14(20)17-15-16-10(2)12(21-15)7-8-13(18)19/h3-6H,7-8H2,1-2H3,(H,18,19)(H,16,17,20). The number of benzene rings is 1. The van der Waals surface area contributed by atoms with Crippen molar-refractivity contribution in [3.8, 4) is 0 Å². The van der Waals surface area contributed by atoms with Crippen molar-refractivity contribution >= 4 is 28.3 Å². The number of nitrogens with one attached hydrogen (secondary N) is 1. The number of aryl methyl sites for hydroxylation is 3. The van der Waals surface area contributed by atoms with Crippen LogP contribution in [0.4, 0.5) is 5.13 Å². The Labute approximate surface area is 126 Å². The maximum Gasteiger partial charge on any atom is 0.303 e. The molecular weight excluding hydrogens is 288 g/mol. The second-order valence-corrected chi connectivity index (χ2v) is 5.83. The van der Waals surface area contributed by atoms with Crippen molar-refractivity contribution in [1.29, 1.82) is 0 Å². The third-order valence-corrected chi connectivity index (χ3v) is 4.13. The van der Waals surface area contributed by atoms with E-state index in [1.165, 1.54) is 11.3 Å². The molecule has 0 radical (unpaired) electrons. The van der Waals surface area contributed by atoms with E-state index in [0.717, 1.165) is 16.1 Å². The molecule has 2 aromatic rings. The molecule has 0 saturated heterocycles. The van der Waals surface area contributed by atoms with E-state index in [0.29, 0.717) is 17.1 Å². The number of aromatic nitrogens is 1. The Morgan fingerprint density at radius 1 is 1.24 bits per heavy atom. The Morgan fingerprint density at radius 3 is 2.52 bits per heavy atom. The smallest absolute Gasteiger partial charge is 0.303 e. The highest BCUT2D eigenvalue weighted by Crippen LogP contribution is 2.24. The quantitative estimate of drug-likeness (QED) is 0.890. The first-order valence-electron chi connectivity index (χ1n) is 6.52. The van der Waals surface area contributed by atoms with E-state index >= 15 is 0 Å². The van der Waals surface area contributed by atoms with Crippen molar-refractivity contribution in [2.75, 3.05) is 5.32 Å². The molecule has 2 N–H and O–H groups in total. The fourth-order valence-electron chi connectivity index (χ4n) is 1.81. The summed E-state index contributed by atoms with van der Waals surface area (Å²) in [4.78, 5) is 27.8. The molecule has 6 heteroatoms. The second-order valence-electron chi connectivity index (χ2n) is 4.74. The highest BCUT2D eigenvalue weighted by atomic mass is 32.1. The Balaban J connectivity index is 2.05. The molecule has 0 bridgehead atoms. The molecule has 2 rings (SSSR count). The first kappa shape index (κ1) is 15.2. The van der Waals surface area contributed by atoms with E-state index in [-0.39, 0.29) is 12.3 Å². The van der Waals surface area contributed by atoms with Crippen LogP contribution in [0.3, 0.4) is 0 Å². The van der Waals surface area contributed by atoms with Gasteiger partial charge in [-0.3, -0.25) is 14.9 Å². The molecule has 1 aromatic carbocycles. The molecule has 0 aliphatic heterocycles. The molecule has 0 spiro atoms. The molecule has 1 amide bonds. The molecular formula is C15H16N2O3S. The number of carboxylic acids is 1. The van der Waals surface area contributed by atoms with Crippen molar-refractivity contribution in [2.24, 2.45) is 0 Å². The first-order chi connectivity index (χ1) is 9.95. The summed E-state index contributed by atoms with van der Waals surface area (Å²) in [5.74, 6) is -1.05. The molecule has 0 aliphatic rings. The topological polar surface area (TPSA) is 79.3 Å². The summed E-state index contributed by atoms with van der Waals surface area (Å²) in [6.07, 6.45) is 0.494.